The molecule has 0 aromatic carbocycles. The standard InChI is InChI=1S/C14H23N/c1-4-5-6-14(11-12(2)3)13-7-9-15-10-8-13/h7-10,12,14H,4-6,11H2,1-3H3. The molecule has 1 rings (SSSR count). The Morgan fingerprint density at radius 1 is 1.20 bits per heavy atom. The van der Waals surface area contributed by atoms with Crippen molar-refractivity contribution in [2.45, 2.75) is 52.4 Å². The first-order chi connectivity index (χ1) is 7.24. The van der Waals surface area contributed by atoms with Crippen LogP contribution in [0.5, 0.6) is 0 Å². The molecule has 0 aliphatic heterocycles. The SMILES string of the molecule is CCCCC(CC(C)C)c1ccncc1. The second-order valence-corrected chi connectivity index (χ2v) is 4.75. The van der Waals surface area contributed by atoms with E-state index in [0.29, 0.717) is 0 Å². The summed E-state index contributed by atoms with van der Waals surface area (Å²) in [6, 6.07) is 4.34. The van der Waals surface area contributed by atoms with Gasteiger partial charge in [0.05, 0.1) is 0 Å². The topological polar surface area (TPSA) is 12.9 Å². The van der Waals surface area contributed by atoms with Crippen LogP contribution in [0.3, 0.4) is 0 Å². The fourth-order valence-corrected chi connectivity index (χ4v) is 2.08. The van der Waals surface area contributed by atoms with Gasteiger partial charge >= 0.3 is 0 Å². The van der Waals surface area contributed by atoms with Crippen molar-refractivity contribution in [3.63, 3.8) is 0 Å². The van der Waals surface area contributed by atoms with Gasteiger partial charge in [0.25, 0.3) is 0 Å². The van der Waals surface area contributed by atoms with E-state index >= 15 is 0 Å². The number of hydrogen-bond acceptors (Lipinski definition) is 1. The number of aromatic nitrogens is 1. The molecule has 1 heteroatoms. The zero-order valence-electron chi connectivity index (χ0n) is 10.2. The Labute approximate surface area is 93.9 Å². The highest BCUT2D eigenvalue weighted by atomic mass is 14.6. The highest BCUT2D eigenvalue weighted by molar-refractivity contribution is 5.15. The van der Waals surface area contributed by atoms with Crippen LogP contribution in [0.2, 0.25) is 0 Å². The van der Waals surface area contributed by atoms with E-state index in [4.69, 9.17) is 0 Å². The molecule has 0 N–H and O–H groups in total. The lowest BCUT2D eigenvalue weighted by molar-refractivity contribution is 0.463. The molecule has 0 radical (unpaired) electrons. The summed E-state index contributed by atoms with van der Waals surface area (Å²) in [5.41, 5.74) is 1.46. The minimum atomic E-state index is 0.730. The molecule has 84 valence electrons. The maximum Gasteiger partial charge on any atom is 0.0270 e. The third-order valence-corrected chi connectivity index (χ3v) is 2.84. The van der Waals surface area contributed by atoms with E-state index in [1.807, 2.05) is 12.4 Å². The highest BCUT2D eigenvalue weighted by Crippen LogP contribution is 2.28. The molecule has 1 aromatic rings. The normalized spacial score (nSPS) is 13.1. The molecule has 1 aromatic heterocycles. The second-order valence-electron chi connectivity index (χ2n) is 4.75. The van der Waals surface area contributed by atoms with E-state index in [1.165, 1.54) is 31.2 Å². The molecular weight excluding hydrogens is 182 g/mol. The third-order valence-electron chi connectivity index (χ3n) is 2.84. The van der Waals surface area contributed by atoms with Crippen molar-refractivity contribution in [2.24, 2.45) is 5.92 Å². The Bertz CT molecular complexity index is 253. The quantitative estimate of drug-likeness (QED) is 0.670. The summed E-state index contributed by atoms with van der Waals surface area (Å²) in [6.45, 7) is 6.87. The van der Waals surface area contributed by atoms with Crippen molar-refractivity contribution in [1.29, 1.82) is 0 Å². The van der Waals surface area contributed by atoms with E-state index in [0.717, 1.165) is 11.8 Å². The molecule has 0 fully saturated rings. The van der Waals surface area contributed by atoms with Gasteiger partial charge in [0, 0.05) is 12.4 Å². The van der Waals surface area contributed by atoms with Crippen molar-refractivity contribution < 1.29 is 0 Å². The number of rotatable bonds is 6. The van der Waals surface area contributed by atoms with Gasteiger partial charge in [0.15, 0.2) is 0 Å². The van der Waals surface area contributed by atoms with Crippen LogP contribution < -0.4 is 0 Å². The maximum absolute atomic E-state index is 4.09. The molecule has 0 bridgehead atoms. The predicted molar refractivity (Wildman–Crippen MR) is 66.0 cm³/mol. The molecule has 0 saturated carbocycles. The van der Waals surface area contributed by atoms with Crippen LogP contribution in [-0.2, 0) is 0 Å². The summed E-state index contributed by atoms with van der Waals surface area (Å²) >= 11 is 0. The van der Waals surface area contributed by atoms with Gasteiger partial charge in [-0.15, -0.1) is 0 Å². The van der Waals surface area contributed by atoms with Gasteiger partial charge < -0.3 is 0 Å². The van der Waals surface area contributed by atoms with Crippen LogP contribution in [0.25, 0.3) is 0 Å². The van der Waals surface area contributed by atoms with Crippen molar-refractivity contribution in [3.05, 3.63) is 30.1 Å². The van der Waals surface area contributed by atoms with E-state index in [-0.39, 0.29) is 0 Å². The largest absolute Gasteiger partial charge is 0.265 e. The Kier molecular flexibility index (Phi) is 5.38. The molecule has 0 saturated heterocycles. The van der Waals surface area contributed by atoms with Gasteiger partial charge in [0.1, 0.15) is 0 Å². The summed E-state index contributed by atoms with van der Waals surface area (Å²) in [5.74, 6) is 1.51. The minimum absolute atomic E-state index is 0.730. The minimum Gasteiger partial charge on any atom is -0.265 e. The molecule has 1 atom stereocenters. The summed E-state index contributed by atoms with van der Waals surface area (Å²) in [7, 11) is 0. The Morgan fingerprint density at radius 2 is 1.87 bits per heavy atom. The molecule has 1 heterocycles. The maximum atomic E-state index is 4.09. The van der Waals surface area contributed by atoms with Crippen molar-refractivity contribution in [3.8, 4) is 0 Å². The van der Waals surface area contributed by atoms with Crippen molar-refractivity contribution >= 4 is 0 Å². The Hall–Kier alpha value is -0.850. The van der Waals surface area contributed by atoms with Gasteiger partial charge in [-0.2, -0.15) is 0 Å². The molecule has 1 nitrogen and oxygen atoms in total. The summed E-state index contributed by atoms with van der Waals surface area (Å²) < 4.78 is 0. The first kappa shape index (κ1) is 12.2. The van der Waals surface area contributed by atoms with Crippen molar-refractivity contribution in [2.75, 3.05) is 0 Å². The van der Waals surface area contributed by atoms with Crippen molar-refractivity contribution in [1.82, 2.24) is 4.98 Å². The molecule has 0 spiro atoms. The first-order valence-electron chi connectivity index (χ1n) is 6.14. The number of hydrogen-bond donors (Lipinski definition) is 0. The molecule has 15 heavy (non-hydrogen) atoms. The highest BCUT2D eigenvalue weighted by Gasteiger charge is 2.12. The Balaban J connectivity index is 2.63. The molecule has 0 aliphatic rings. The van der Waals surface area contributed by atoms with Gasteiger partial charge in [-0.05, 0) is 42.4 Å². The van der Waals surface area contributed by atoms with Crippen LogP contribution in [0.4, 0.5) is 0 Å². The van der Waals surface area contributed by atoms with Crippen LogP contribution in [-0.4, -0.2) is 4.98 Å². The lowest BCUT2D eigenvalue weighted by Gasteiger charge is -2.19. The van der Waals surface area contributed by atoms with Crippen LogP contribution in [0.15, 0.2) is 24.5 Å². The fourth-order valence-electron chi connectivity index (χ4n) is 2.08. The van der Waals surface area contributed by atoms with Gasteiger partial charge in [0.2, 0.25) is 0 Å². The van der Waals surface area contributed by atoms with Crippen LogP contribution in [0.1, 0.15) is 57.9 Å². The zero-order chi connectivity index (χ0) is 11.1. The smallest absolute Gasteiger partial charge is 0.0270 e. The van der Waals surface area contributed by atoms with Gasteiger partial charge in [-0.25, -0.2) is 0 Å². The molecule has 0 amide bonds. The predicted octanol–water partition coefficient (Wildman–Crippen LogP) is 4.40. The number of unbranched alkanes of at least 4 members (excludes halogenated alkanes) is 1. The second kappa shape index (κ2) is 6.60. The Morgan fingerprint density at radius 3 is 2.40 bits per heavy atom. The molecule has 0 aliphatic carbocycles. The number of pyridine rings is 1. The van der Waals surface area contributed by atoms with Crippen LogP contribution in [0, 0.1) is 5.92 Å². The fraction of sp³-hybridized carbons (Fsp3) is 0.643. The number of nitrogens with zero attached hydrogens (tertiary/aromatic N) is 1. The van der Waals surface area contributed by atoms with Gasteiger partial charge in [-0.3, -0.25) is 4.98 Å². The van der Waals surface area contributed by atoms with E-state index in [9.17, 15) is 0 Å². The molecular formula is C14H23N. The lowest BCUT2D eigenvalue weighted by Crippen LogP contribution is -2.03. The van der Waals surface area contributed by atoms with E-state index in [2.05, 4.69) is 37.9 Å². The monoisotopic (exact) mass is 205 g/mol. The lowest BCUT2D eigenvalue weighted by atomic mass is 9.87. The third kappa shape index (κ3) is 4.46. The van der Waals surface area contributed by atoms with Crippen LogP contribution >= 0.6 is 0 Å². The zero-order valence-corrected chi connectivity index (χ0v) is 10.2. The van der Waals surface area contributed by atoms with E-state index < -0.39 is 0 Å². The molecule has 1 unspecified atom stereocenters. The summed E-state index contributed by atoms with van der Waals surface area (Å²) in [4.78, 5) is 4.09. The average molecular weight is 205 g/mol. The average Bonchev–Trinajstić information content (AvgIpc) is 2.25. The van der Waals surface area contributed by atoms with E-state index in [1.54, 1.807) is 0 Å². The van der Waals surface area contributed by atoms with Gasteiger partial charge in [-0.1, -0.05) is 33.6 Å². The first-order valence-corrected chi connectivity index (χ1v) is 6.14. The summed E-state index contributed by atoms with van der Waals surface area (Å²) in [5, 5.41) is 0. The summed E-state index contributed by atoms with van der Waals surface area (Å²) in [6.07, 6.45) is 9.06.